The molecule has 1 aliphatic carbocycles. The Morgan fingerprint density at radius 2 is 1.88 bits per heavy atom. The molecule has 1 aliphatic rings. The van der Waals surface area contributed by atoms with E-state index in [1.807, 2.05) is 6.92 Å². The second-order valence-electron chi connectivity index (χ2n) is 7.69. The highest BCUT2D eigenvalue weighted by atomic mass is 32.1. The van der Waals surface area contributed by atoms with Gasteiger partial charge >= 0.3 is 5.97 Å². The molecule has 0 atom stereocenters. The quantitative estimate of drug-likeness (QED) is 0.457. The van der Waals surface area contributed by atoms with Crippen LogP contribution in [0.25, 0.3) is 0 Å². The average Bonchev–Trinajstić information content (AvgIpc) is 3.46. The number of carbonyl (C=O) groups is 2. The molecule has 0 radical (unpaired) electrons. The monoisotopic (exact) mass is 469 g/mol. The third-order valence-corrected chi connectivity index (χ3v) is 6.54. The molecule has 0 bridgehead atoms. The third kappa shape index (κ3) is 5.36. The van der Waals surface area contributed by atoms with Crippen LogP contribution >= 0.6 is 11.3 Å². The molecule has 1 N–H and O–H groups in total. The number of thiophene rings is 1. The van der Waals surface area contributed by atoms with Crippen LogP contribution < -0.4 is 14.8 Å². The Labute approximate surface area is 196 Å². The number of nitrogens with one attached hydrogen (secondary N) is 1. The van der Waals surface area contributed by atoms with Gasteiger partial charge in [0.2, 0.25) is 0 Å². The summed E-state index contributed by atoms with van der Waals surface area (Å²) < 4.78 is 17.8. The zero-order valence-electron chi connectivity index (χ0n) is 18.8. The number of hydrogen-bond acceptors (Lipinski definition) is 7. The summed E-state index contributed by atoms with van der Waals surface area (Å²) in [4.78, 5) is 26.8. The maximum atomic E-state index is 12.9. The zero-order chi connectivity index (χ0) is 23.2. The predicted molar refractivity (Wildman–Crippen MR) is 125 cm³/mol. The molecular formula is C24H27N3O5S. The molecule has 0 fully saturated rings. The summed E-state index contributed by atoms with van der Waals surface area (Å²) in [6.07, 6.45) is 6.29. The van der Waals surface area contributed by atoms with Crippen LogP contribution in [0, 0.1) is 0 Å². The molecule has 1 amide bonds. The van der Waals surface area contributed by atoms with E-state index in [2.05, 4.69) is 10.4 Å². The van der Waals surface area contributed by atoms with Gasteiger partial charge in [0.1, 0.15) is 16.5 Å². The molecule has 0 saturated carbocycles. The molecule has 2 heterocycles. The highest BCUT2D eigenvalue weighted by Crippen LogP contribution is 2.38. The van der Waals surface area contributed by atoms with Gasteiger partial charge in [0.15, 0.2) is 12.4 Å². The Bertz CT molecular complexity index is 1120. The first-order chi connectivity index (χ1) is 16.1. The lowest BCUT2D eigenvalue weighted by Crippen LogP contribution is -2.17. The summed E-state index contributed by atoms with van der Waals surface area (Å²) >= 11 is 1.46. The van der Waals surface area contributed by atoms with Gasteiger partial charge in [-0.2, -0.15) is 5.10 Å². The fourth-order valence-corrected chi connectivity index (χ4v) is 4.94. The fourth-order valence-electron chi connectivity index (χ4n) is 3.67. The molecule has 9 heteroatoms. The number of anilines is 1. The smallest absolute Gasteiger partial charge is 0.341 e. The van der Waals surface area contributed by atoms with Crippen LogP contribution in [0.5, 0.6) is 11.5 Å². The van der Waals surface area contributed by atoms with Gasteiger partial charge in [-0.05, 0) is 68.0 Å². The lowest BCUT2D eigenvalue weighted by molar-refractivity contribution is 0.0505. The molecule has 0 spiro atoms. The number of aryl methyl sites for hydroxylation is 1. The first-order valence-electron chi connectivity index (χ1n) is 11.0. The van der Waals surface area contributed by atoms with E-state index < -0.39 is 0 Å². The minimum Gasteiger partial charge on any atom is -0.497 e. The third-order valence-electron chi connectivity index (χ3n) is 5.34. The summed E-state index contributed by atoms with van der Waals surface area (Å²) in [5.74, 6) is 0.664. The number of fused-ring (bicyclic) bond motifs is 1. The maximum Gasteiger partial charge on any atom is 0.341 e. The number of ether oxygens (including phenoxy) is 3. The molecule has 33 heavy (non-hydrogen) atoms. The molecule has 0 aliphatic heterocycles. The lowest BCUT2D eigenvalue weighted by Gasteiger charge is -2.12. The van der Waals surface area contributed by atoms with Crippen molar-refractivity contribution < 1.29 is 23.8 Å². The van der Waals surface area contributed by atoms with E-state index in [-0.39, 0.29) is 24.3 Å². The minimum atomic E-state index is -0.374. The molecule has 174 valence electrons. The van der Waals surface area contributed by atoms with E-state index in [9.17, 15) is 9.59 Å². The van der Waals surface area contributed by atoms with Crippen LogP contribution in [0.15, 0.2) is 36.5 Å². The topological polar surface area (TPSA) is 91.7 Å². The first-order valence-corrected chi connectivity index (χ1v) is 11.8. The second-order valence-corrected chi connectivity index (χ2v) is 8.80. The SMILES string of the molecule is CCCOC(=O)c1c(NC(=O)c2ccn(COc3ccc(OC)cc3)n2)sc2c1CCCC2. The van der Waals surface area contributed by atoms with Crippen LogP contribution in [0.4, 0.5) is 5.00 Å². The fraction of sp³-hybridized carbons (Fsp3) is 0.375. The number of amides is 1. The van der Waals surface area contributed by atoms with Gasteiger partial charge in [0.25, 0.3) is 5.91 Å². The number of rotatable bonds is 9. The van der Waals surface area contributed by atoms with Crippen LogP contribution in [-0.4, -0.2) is 35.4 Å². The number of carbonyl (C=O) groups excluding carboxylic acids is 2. The Balaban J connectivity index is 1.44. The van der Waals surface area contributed by atoms with Gasteiger partial charge in [-0.3, -0.25) is 4.79 Å². The number of methoxy groups -OCH3 is 1. The standard InChI is InChI=1S/C24H27N3O5S/c1-3-14-31-24(29)21-18-6-4-5-7-20(18)33-23(21)25-22(28)19-12-13-27(26-19)15-32-17-10-8-16(30-2)9-11-17/h8-13H,3-7,14-15H2,1-2H3,(H,25,28). The van der Waals surface area contributed by atoms with Crippen molar-refractivity contribution in [2.24, 2.45) is 0 Å². The molecule has 2 aromatic heterocycles. The molecule has 8 nitrogen and oxygen atoms in total. The lowest BCUT2D eigenvalue weighted by atomic mass is 9.95. The van der Waals surface area contributed by atoms with Crippen LogP contribution in [0.1, 0.15) is 57.5 Å². The van der Waals surface area contributed by atoms with Crippen LogP contribution in [0.2, 0.25) is 0 Å². The van der Waals surface area contributed by atoms with Gasteiger partial charge in [-0.15, -0.1) is 11.3 Å². The van der Waals surface area contributed by atoms with Gasteiger partial charge in [-0.1, -0.05) is 6.92 Å². The minimum absolute atomic E-state index is 0.154. The van der Waals surface area contributed by atoms with Gasteiger partial charge in [0, 0.05) is 11.1 Å². The molecular weight excluding hydrogens is 442 g/mol. The zero-order valence-corrected chi connectivity index (χ0v) is 19.6. The van der Waals surface area contributed by atoms with Crippen molar-refractivity contribution in [2.75, 3.05) is 19.0 Å². The average molecular weight is 470 g/mol. The van der Waals surface area contributed by atoms with Crippen molar-refractivity contribution >= 4 is 28.2 Å². The van der Waals surface area contributed by atoms with Crippen LogP contribution in [-0.2, 0) is 24.3 Å². The Kier molecular flexibility index (Phi) is 7.29. The van der Waals surface area contributed by atoms with Gasteiger partial charge < -0.3 is 19.5 Å². The predicted octanol–water partition coefficient (Wildman–Crippen LogP) is 4.69. The summed E-state index contributed by atoms with van der Waals surface area (Å²) in [6, 6.07) is 8.83. The molecule has 4 rings (SSSR count). The number of hydrogen-bond donors (Lipinski definition) is 1. The van der Waals surface area contributed by atoms with E-state index in [0.29, 0.717) is 22.9 Å². The van der Waals surface area contributed by atoms with Crippen molar-refractivity contribution in [1.29, 1.82) is 0 Å². The number of esters is 1. The largest absolute Gasteiger partial charge is 0.497 e. The maximum absolute atomic E-state index is 12.9. The van der Waals surface area contributed by atoms with Crippen molar-refractivity contribution in [3.05, 3.63) is 58.2 Å². The van der Waals surface area contributed by atoms with E-state index in [4.69, 9.17) is 14.2 Å². The summed E-state index contributed by atoms with van der Waals surface area (Å²) in [5, 5.41) is 7.73. The van der Waals surface area contributed by atoms with Gasteiger partial charge in [-0.25, -0.2) is 9.48 Å². The van der Waals surface area contributed by atoms with E-state index >= 15 is 0 Å². The molecule has 0 unspecified atom stereocenters. The van der Waals surface area contributed by atoms with Crippen molar-refractivity contribution in [1.82, 2.24) is 9.78 Å². The number of aromatic nitrogens is 2. The van der Waals surface area contributed by atoms with Gasteiger partial charge in [0.05, 0.1) is 19.3 Å². The van der Waals surface area contributed by atoms with E-state index in [0.717, 1.165) is 48.3 Å². The Hall–Kier alpha value is -3.33. The number of nitrogens with zero attached hydrogens (tertiary/aromatic N) is 2. The van der Waals surface area contributed by atoms with Crippen molar-refractivity contribution in [3.63, 3.8) is 0 Å². The molecule has 0 saturated heterocycles. The highest BCUT2D eigenvalue weighted by Gasteiger charge is 2.27. The summed E-state index contributed by atoms with van der Waals surface area (Å²) in [5.41, 5.74) is 1.76. The van der Waals surface area contributed by atoms with Crippen LogP contribution in [0.3, 0.4) is 0 Å². The highest BCUT2D eigenvalue weighted by molar-refractivity contribution is 7.17. The van der Waals surface area contributed by atoms with Crippen molar-refractivity contribution in [2.45, 2.75) is 45.8 Å². The van der Waals surface area contributed by atoms with E-state index in [1.165, 1.54) is 16.0 Å². The Morgan fingerprint density at radius 1 is 1.12 bits per heavy atom. The Morgan fingerprint density at radius 3 is 2.64 bits per heavy atom. The summed E-state index contributed by atoms with van der Waals surface area (Å²) in [7, 11) is 1.61. The second kappa shape index (κ2) is 10.5. The summed E-state index contributed by atoms with van der Waals surface area (Å²) in [6.45, 7) is 2.46. The molecule has 3 aromatic rings. The normalized spacial score (nSPS) is 12.7. The van der Waals surface area contributed by atoms with Crippen molar-refractivity contribution in [3.8, 4) is 11.5 Å². The first kappa shape index (κ1) is 22.8. The molecule has 1 aromatic carbocycles. The van der Waals surface area contributed by atoms with E-state index in [1.54, 1.807) is 43.6 Å². The number of benzene rings is 1.